The van der Waals surface area contributed by atoms with Crippen LogP contribution in [0.1, 0.15) is 32.6 Å². The van der Waals surface area contributed by atoms with Gasteiger partial charge in [0.15, 0.2) is 0 Å². The predicted octanol–water partition coefficient (Wildman–Crippen LogP) is 1.91. The number of rotatable bonds is 4. The van der Waals surface area contributed by atoms with Crippen molar-refractivity contribution in [3.8, 4) is 0 Å². The Labute approximate surface area is 136 Å². The molecule has 3 rings (SSSR count). The number of esters is 1. The lowest BCUT2D eigenvalue weighted by Gasteiger charge is -2.40. The van der Waals surface area contributed by atoms with Gasteiger partial charge < -0.3 is 4.74 Å². The number of likely N-dealkylation sites (N-methyl/N-ethyl adjacent to an activating group) is 1. The summed E-state index contributed by atoms with van der Waals surface area (Å²) in [6.45, 7) is 1.37. The van der Waals surface area contributed by atoms with Crippen LogP contribution in [-0.4, -0.2) is 44.2 Å². The quantitative estimate of drug-likeness (QED) is 0.616. The van der Waals surface area contributed by atoms with Gasteiger partial charge in [-0.15, -0.1) is 0 Å². The average Bonchev–Trinajstić information content (AvgIpc) is 2.63. The molecule has 2 aliphatic heterocycles. The fraction of sp³-hybridized carbons (Fsp3) is 0.562. The van der Waals surface area contributed by atoms with Crippen molar-refractivity contribution in [2.75, 3.05) is 7.05 Å². The summed E-state index contributed by atoms with van der Waals surface area (Å²) in [4.78, 5) is 13.4. The Hall–Kier alpha value is -1.44. The van der Waals surface area contributed by atoms with Crippen molar-refractivity contribution in [1.82, 2.24) is 4.90 Å². The van der Waals surface area contributed by atoms with E-state index in [4.69, 9.17) is 8.92 Å². The molecule has 0 saturated carbocycles. The van der Waals surface area contributed by atoms with Crippen molar-refractivity contribution in [1.29, 1.82) is 0 Å². The van der Waals surface area contributed by atoms with E-state index in [1.807, 2.05) is 11.9 Å². The van der Waals surface area contributed by atoms with Gasteiger partial charge in [-0.25, -0.2) is 4.18 Å². The number of carbonyl (C=O) groups excluding carboxylic acids is 1. The zero-order chi connectivity index (χ0) is 16.7. The molecule has 1 aromatic rings. The van der Waals surface area contributed by atoms with Gasteiger partial charge in [0.25, 0.3) is 10.1 Å². The van der Waals surface area contributed by atoms with Crippen LogP contribution in [0, 0.1) is 0 Å². The molecule has 6 nitrogen and oxygen atoms in total. The maximum absolute atomic E-state index is 12.6. The van der Waals surface area contributed by atoms with E-state index in [1.165, 1.54) is 19.1 Å². The zero-order valence-electron chi connectivity index (χ0n) is 13.3. The Morgan fingerprint density at radius 2 is 2.00 bits per heavy atom. The molecule has 0 N–H and O–H groups in total. The van der Waals surface area contributed by atoms with Crippen molar-refractivity contribution in [3.05, 3.63) is 30.3 Å². The second-order valence-electron chi connectivity index (χ2n) is 6.22. The van der Waals surface area contributed by atoms with Crippen molar-refractivity contribution in [2.24, 2.45) is 0 Å². The van der Waals surface area contributed by atoms with Crippen LogP contribution in [0.5, 0.6) is 0 Å². The Bertz CT molecular complexity index is 690. The van der Waals surface area contributed by atoms with Gasteiger partial charge in [0.05, 0.1) is 4.90 Å². The Morgan fingerprint density at radius 3 is 2.65 bits per heavy atom. The number of nitrogens with zero attached hydrogens (tertiary/aromatic N) is 1. The maximum Gasteiger partial charge on any atom is 0.302 e. The third-order valence-corrected chi connectivity index (χ3v) is 6.15. The van der Waals surface area contributed by atoms with Gasteiger partial charge in [-0.1, -0.05) is 18.2 Å². The smallest absolute Gasteiger partial charge is 0.302 e. The van der Waals surface area contributed by atoms with Crippen LogP contribution < -0.4 is 0 Å². The van der Waals surface area contributed by atoms with Gasteiger partial charge in [0.1, 0.15) is 11.8 Å². The van der Waals surface area contributed by atoms with Gasteiger partial charge in [0, 0.05) is 19.4 Å². The molecule has 0 aliphatic carbocycles. The number of piperidine rings is 1. The van der Waals surface area contributed by atoms with E-state index >= 15 is 0 Å². The first-order chi connectivity index (χ1) is 10.8. The summed E-state index contributed by atoms with van der Waals surface area (Å²) in [6, 6.07) is 8.12. The topological polar surface area (TPSA) is 72.9 Å². The molecule has 0 unspecified atom stereocenters. The molecular weight excluding hydrogens is 318 g/mol. The number of benzene rings is 1. The number of ether oxygens (including phenoxy) is 1. The number of fused-ring (bicyclic) bond motifs is 2. The summed E-state index contributed by atoms with van der Waals surface area (Å²) in [5.74, 6) is -0.350. The van der Waals surface area contributed by atoms with E-state index in [0.29, 0.717) is 12.8 Å². The highest BCUT2D eigenvalue weighted by Gasteiger charge is 2.56. The Kier molecular flexibility index (Phi) is 4.20. The fourth-order valence-electron chi connectivity index (χ4n) is 3.70. The minimum absolute atomic E-state index is 0.00127. The van der Waals surface area contributed by atoms with Crippen LogP contribution in [0.15, 0.2) is 35.2 Å². The summed E-state index contributed by atoms with van der Waals surface area (Å²) < 4.78 is 36.3. The van der Waals surface area contributed by atoms with Crippen LogP contribution in [-0.2, 0) is 23.8 Å². The van der Waals surface area contributed by atoms with Gasteiger partial charge in [-0.3, -0.25) is 9.69 Å². The molecule has 126 valence electrons. The summed E-state index contributed by atoms with van der Waals surface area (Å²) in [7, 11) is -2.03. The lowest BCUT2D eigenvalue weighted by molar-refractivity contribution is -0.147. The highest BCUT2D eigenvalue weighted by molar-refractivity contribution is 7.86. The van der Waals surface area contributed by atoms with Crippen molar-refractivity contribution >= 4 is 16.1 Å². The van der Waals surface area contributed by atoms with E-state index in [0.717, 1.165) is 12.8 Å². The maximum atomic E-state index is 12.6. The molecule has 0 amide bonds. The van der Waals surface area contributed by atoms with Crippen molar-refractivity contribution < 1.29 is 22.1 Å². The van der Waals surface area contributed by atoms with E-state index in [9.17, 15) is 13.2 Å². The van der Waals surface area contributed by atoms with E-state index in [-0.39, 0.29) is 23.0 Å². The lowest BCUT2D eigenvalue weighted by Crippen LogP contribution is -2.51. The molecule has 2 aliphatic rings. The number of carbonyl (C=O) groups is 1. The van der Waals surface area contributed by atoms with Crippen LogP contribution in [0.25, 0.3) is 0 Å². The highest BCUT2D eigenvalue weighted by atomic mass is 32.2. The average molecular weight is 339 g/mol. The first-order valence-corrected chi connectivity index (χ1v) is 9.16. The van der Waals surface area contributed by atoms with Crippen LogP contribution in [0.4, 0.5) is 0 Å². The second kappa shape index (κ2) is 5.89. The van der Waals surface area contributed by atoms with Gasteiger partial charge >= 0.3 is 5.97 Å². The molecule has 1 aromatic carbocycles. The third-order valence-electron chi connectivity index (χ3n) is 4.77. The van der Waals surface area contributed by atoms with Gasteiger partial charge in [-0.2, -0.15) is 8.42 Å². The van der Waals surface area contributed by atoms with Crippen LogP contribution in [0.3, 0.4) is 0 Å². The number of hydrogen-bond donors (Lipinski definition) is 0. The molecule has 0 radical (unpaired) electrons. The molecule has 0 aromatic heterocycles. The Morgan fingerprint density at radius 1 is 1.30 bits per heavy atom. The van der Waals surface area contributed by atoms with Crippen LogP contribution in [0.2, 0.25) is 0 Å². The van der Waals surface area contributed by atoms with E-state index in [1.54, 1.807) is 18.2 Å². The summed E-state index contributed by atoms with van der Waals surface area (Å²) >= 11 is 0. The van der Waals surface area contributed by atoms with Crippen molar-refractivity contribution in [2.45, 2.75) is 55.4 Å². The van der Waals surface area contributed by atoms with Crippen molar-refractivity contribution in [3.63, 3.8) is 0 Å². The van der Waals surface area contributed by atoms with Gasteiger partial charge in [-0.05, 0) is 38.4 Å². The summed E-state index contributed by atoms with van der Waals surface area (Å²) in [6.07, 6.45) is 2.36. The standard InChI is InChI=1S/C16H21NO5S/c1-12(18)21-15-11-16(10-6-9-14(15)17(16)2)22-23(19,20)13-7-4-3-5-8-13/h3-5,7-8,14-15H,6,9-11H2,1-2H3/t14-,15+,16-/m1/s1. The second-order valence-corrected chi connectivity index (χ2v) is 7.77. The molecule has 7 heteroatoms. The minimum atomic E-state index is -3.87. The highest BCUT2D eigenvalue weighted by Crippen LogP contribution is 2.46. The zero-order valence-corrected chi connectivity index (χ0v) is 14.1. The molecule has 2 heterocycles. The van der Waals surface area contributed by atoms with E-state index < -0.39 is 15.8 Å². The largest absolute Gasteiger partial charge is 0.461 e. The summed E-state index contributed by atoms with van der Waals surface area (Å²) in [5, 5.41) is 0. The monoisotopic (exact) mass is 339 g/mol. The normalized spacial score (nSPS) is 31.0. The van der Waals surface area contributed by atoms with E-state index in [2.05, 4.69) is 0 Å². The predicted molar refractivity (Wildman–Crippen MR) is 83.0 cm³/mol. The SMILES string of the molecule is CC(=O)O[C@H]1C[C@]2(OS(=O)(=O)c3ccccc3)CCC[C@H]1N2C. The van der Waals surface area contributed by atoms with Crippen LogP contribution >= 0.6 is 0 Å². The molecule has 0 spiro atoms. The fourth-order valence-corrected chi connectivity index (χ4v) is 4.96. The molecular formula is C16H21NO5S. The summed E-state index contributed by atoms with van der Waals surface area (Å²) in [5.41, 5.74) is -0.933. The van der Waals surface area contributed by atoms with Gasteiger partial charge in [0.2, 0.25) is 0 Å². The molecule has 2 bridgehead atoms. The lowest BCUT2D eigenvalue weighted by atomic mass is 10.0. The Balaban J connectivity index is 1.88. The molecule has 3 atom stereocenters. The molecule has 2 saturated heterocycles. The first kappa shape index (κ1) is 16.4. The third kappa shape index (κ3) is 3.00. The first-order valence-electron chi connectivity index (χ1n) is 7.75. The minimum Gasteiger partial charge on any atom is -0.461 e. The number of hydrogen-bond acceptors (Lipinski definition) is 6. The molecule has 2 fully saturated rings. The molecule has 23 heavy (non-hydrogen) atoms.